The van der Waals surface area contributed by atoms with Gasteiger partial charge in [-0.25, -0.2) is 8.78 Å². The van der Waals surface area contributed by atoms with E-state index in [1.807, 2.05) is 0 Å². The first-order valence-electron chi connectivity index (χ1n) is 6.14. The third kappa shape index (κ3) is 4.00. The van der Waals surface area contributed by atoms with E-state index < -0.39 is 17.7 Å². The summed E-state index contributed by atoms with van der Waals surface area (Å²) >= 11 is 5.97. The molecule has 0 radical (unpaired) electrons. The van der Waals surface area contributed by atoms with E-state index in [0.717, 1.165) is 6.07 Å². The molecule has 2 aromatic carbocycles. The minimum atomic E-state index is -0.776. The van der Waals surface area contributed by atoms with Gasteiger partial charge in [0.25, 0.3) is 0 Å². The maximum atomic E-state index is 13.0. The number of aliphatic hydroxyl groups is 1. The van der Waals surface area contributed by atoms with Crippen molar-refractivity contribution in [3.63, 3.8) is 0 Å². The molecular weight excluding hydrogens is 284 g/mol. The Kier molecular flexibility index (Phi) is 5.06. The highest BCUT2D eigenvalue weighted by Gasteiger charge is 2.10. The van der Waals surface area contributed by atoms with Crippen LogP contribution in [0.15, 0.2) is 42.5 Å². The van der Waals surface area contributed by atoms with Gasteiger partial charge in [-0.15, -0.1) is 0 Å². The van der Waals surface area contributed by atoms with Gasteiger partial charge in [0, 0.05) is 29.7 Å². The van der Waals surface area contributed by atoms with Gasteiger partial charge in [0.15, 0.2) is 0 Å². The first-order chi connectivity index (χ1) is 9.56. The lowest BCUT2D eigenvalue weighted by Gasteiger charge is -2.13. The lowest BCUT2D eigenvalue weighted by molar-refractivity contribution is 0.174. The summed E-state index contributed by atoms with van der Waals surface area (Å²) in [6.07, 6.45) is -0.776. The van der Waals surface area contributed by atoms with E-state index in [1.54, 1.807) is 24.3 Å². The van der Waals surface area contributed by atoms with Gasteiger partial charge < -0.3 is 10.4 Å². The summed E-state index contributed by atoms with van der Waals surface area (Å²) in [6.45, 7) is 0.498. The SMILES string of the molecule is OC(CNCc1cc(F)cc(F)c1)c1ccccc1Cl. The van der Waals surface area contributed by atoms with Gasteiger partial charge in [-0.1, -0.05) is 29.8 Å². The van der Waals surface area contributed by atoms with E-state index in [-0.39, 0.29) is 13.1 Å². The van der Waals surface area contributed by atoms with Gasteiger partial charge in [-0.05, 0) is 23.8 Å². The normalized spacial score (nSPS) is 12.4. The molecule has 0 bridgehead atoms. The van der Waals surface area contributed by atoms with Gasteiger partial charge in [-0.2, -0.15) is 0 Å². The highest BCUT2D eigenvalue weighted by Crippen LogP contribution is 2.21. The van der Waals surface area contributed by atoms with E-state index in [9.17, 15) is 13.9 Å². The summed E-state index contributed by atoms with van der Waals surface area (Å²) in [7, 11) is 0. The van der Waals surface area contributed by atoms with E-state index in [1.165, 1.54) is 12.1 Å². The van der Waals surface area contributed by atoms with Crippen molar-refractivity contribution in [2.75, 3.05) is 6.54 Å². The van der Waals surface area contributed by atoms with Crippen molar-refractivity contribution in [3.8, 4) is 0 Å². The molecule has 2 rings (SSSR count). The highest BCUT2D eigenvalue weighted by molar-refractivity contribution is 6.31. The summed E-state index contributed by atoms with van der Waals surface area (Å²) in [5.41, 5.74) is 1.10. The van der Waals surface area contributed by atoms with Crippen LogP contribution in [-0.4, -0.2) is 11.7 Å². The predicted octanol–water partition coefficient (Wildman–Crippen LogP) is 3.44. The monoisotopic (exact) mass is 297 g/mol. The lowest BCUT2D eigenvalue weighted by atomic mass is 10.1. The Morgan fingerprint density at radius 1 is 1.10 bits per heavy atom. The van der Waals surface area contributed by atoms with Crippen LogP contribution < -0.4 is 5.32 Å². The van der Waals surface area contributed by atoms with Gasteiger partial charge >= 0.3 is 0 Å². The standard InChI is InChI=1S/C15H14ClF2NO/c16-14-4-2-1-3-13(14)15(20)9-19-8-10-5-11(17)7-12(18)6-10/h1-7,15,19-20H,8-9H2. The summed E-state index contributed by atoms with van der Waals surface area (Å²) in [5.74, 6) is -1.23. The summed E-state index contributed by atoms with van der Waals surface area (Å²) in [4.78, 5) is 0. The van der Waals surface area contributed by atoms with Crippen LogP contribution in [0, 0.1) is 11.6 Å². The number of aliphatic hydroxyl groups excluding tert-OH is 1. The molecule has 0 amide bonds. The van der Waals surface area contributed by atoms with Crippen LogP contribution in [0.2, 0.25) is 5.02 Å². The first-order valence-corrected chi connectivity index (χ1v) is 6.52. The lowest BCUT2D eigenvalue weighted by Crippen LogP contribution is -2.21. The van der Waals surface area contributed by atoms with Crippen molar-refractivity contribution in [2.24, 2.45) is 0 Å². The van der Waals surface area contributed by atoms with Gasteiger partial charge in [0.2, 0.25) is 0 Å². The number of hydrogen-bond acceptors (Lipinski definition) is 2. The molecule has 0 heterocycles. The average molecular weight is 298 g/mol. The van der Waals surface area contributed by atoms with Crippen LogP contribution in [0.5, 0.6) is 0 Å². The molecule has 1 unspecified atom stereocenters. The Morgan fingerprint density at radius 3 is 2.40 bits per heavy atom. The van der Waals surface area contributed by atoms with E-state index in [0.29, 0.717) is 16.1 Å². The number of hydrogen-bond donors (Lipinski definition) is 2. The first kappa shape index (κ1) is 14.9. The Morgan fingerprint density at radius 2 is 1.75 bits per heavy atom. The molecule has 1 atom stereocenters. The van der Waals surface area contributed by atoms with Crippen molar-refractivity contribution in [3.05, 3.63) is 70.2 Å². The topological polar surface area (TPSA) is 32.3 Å². The second-order valence-corrected chi connectivity index (χ2v) is 4.85. The molecule has 106 valence electrons. The molecule has 2 aromatic rings. The fourth-order valence-corrected chi connectivity index (χ4v) is 2.18. The molecule has 2 nitrogen and oxygen atoms in total. The molecule has 0 spiro atoms. The van der Waals surface area contributed by atoms with Gasteiger partial charge in [0.1, 0.15) is 11.6 Å². The molecule has 0 aliphatic rings. The summed E-state index contributed by atoms with van der Waals surface area (Å²) in [5, 5.41) is 13.4. The Bertz CT molecular complexity index is 572. The van der Waals surface area contributed by atoms with Crippen molar-refractivity contribution >= 4 is 11.6 Å². The van der Waals surface area contributed by atoms with Crippen molar-refractivity contribution < 1.29 is 13.9 Å². The average Bonchev–Trinajstić information content (AvgIpc) is 2.38. The maximum Gasteiger partial charge on any atom is 0.126 e. The minimum absolute atomic E-state index is 0.238. The van der Waals surface area contributed by atoms with Crippen LogP contribution in [0.3, 0.4) is 0 Å². The van der Waals surface area contributed by atoms with E-state index in [4.69, 9.17) is 11.6 Å². The summed E-state index contributed by atoms with van der Waals surface area (Å²) in [6, 6.07) is 10.3. The molecular formula is C15H14ClF2NO. The molecule has 0 saturated carbocycles. The number of nitrogens with one attached hydrogen (secondary N) is 1. The van der Waals surface area contributed by atoms with Crippen LogP contribution in [0.1, 0.15) is 17.2 Å². The molecule has 0 aromatic heterocycles. The zero-order valence-electron chi connectivity index (χ0n) is 10.6. The molecule has 2 N–H and O–H groups in total. The van der Waals surface area contributed by atoms with Crippen LogP contribution in [0.25, 0.3) is 0 Å². The maximum absolute atomic E-state index is 13.0. The quantitative estimate of drug-likeness (QED) is 0.886. The minimum Gasteiger partial charge on any atom is -0.387 e. The smallest absolute Gasteiger partial charge is 0.126 e. The van der Waals surface area contributed by atoms with Gasteiger partial charge in [0.05, 0.1) is 6.10 Å². The molecule has 0 fully saturated rings. The molecule has 20 heavy (non-hydrogen) atoms. The van der Waals surface area contributed by atoms with Crippen molar-refractivity contribution in [2.45, 2.75) is 12.6 Å². The van der Waals surface area contributed by atoms with Gasteiger partial charge in [-0.3, -0.25) is 0 Å². The predicted molar refractivity (Wildman–Crippen MR) is 74.5 cm³/mol. The fourth-order valence-electron chi connectivity index (χ4n) is 1.92. The number of benzene rings is 2. The largest absolute Gasteiger partial charge is 0.387 e. The zero-order chi connectivity index (χ0) is 14.5. The second kappa shape index (κ2) is 6.79. The Labute approximate surface area is 121 Å². The number of halogens is 3. The fraction of sp³-hybridized carbons (Fsp3) is 0.200. The second-order valence-electron chi connectivity index (χ2n) is 4.45. The molecule has 0 aliphatic heterocycles. The number of rotatable bonds is 5. The Hall–Kier alpha value is -1.49. The Balaban J connectivity index is 1.91. The molecule has 0 aliphatic carbocycles. The van der Waals surface area contributed by atoms with Crippen LogP contribution in [0.4, 0.5) is 8.78 Å². The zero-order valence-corrected chi connectivity index (χ0v) is 11.4. The van der Waals surface area contributed by atoms with E-state index >= 15 is 0 Å². The third-order valence-corrected chi connectivity index (χ3v) is 3.20. The van der Waals surface area contributed by atoms with Crippen LogP contribution >= 0.6 is 11.6 Å². The highest BCUT2D eigenvalue weighted by atomic mass is 35.5. The molecule has 5 heteroatoms. The van der Waals surface area contributed by atoms with Crippen molar-refractivity contribution in [1.29, 1.82) is 0 Å². The summed E-state index contributed by atoms with van der Waals surface area (Å²) < 4.78 is 26.0. The van der Waals surface area contributed by atoms with Crippen molar-refractivity contribution in [1.82, 2.24) is 5.32 Å². The van der Waals surface area contributed by atoms with E-state index in [2.05, 4.69) is 5.32 Å². The molecule has 0 saturated heterocycles. The third-order valence-electron chi connectivity index (χ3n) is 2.85. The van der Waals surface area contributed by atoms with Crippen LogP contribution in [-0.2, 0) is 6.54 Å².